The third-order valence-corrected chi connectivity index (χ3v) is 4.86. The lowest BCUT2D eigenvalue weighted by molar-refractivity contribution is 0.195. The van der Waals surface area contributed by atoms with Gasteiger partial charge in [0.05, 0.1) is 11.0 Å². The molecule has 1 nitrogen and oxygen atoms in total. The molecule has 20 heavy (non-hydrogen) atoms. The first-order valence-corrected chi connectivity index (χ1v) is 7.73. The molecule has 1 N–H and O–H groups in total. The average Bonchev–Trinajstić information content (AvgIpc) is 2.88. The topological polar surface area (TPSA) is 20.2 Å². The molecule has 1 aliphatic carbocycles. The van der Waals surface area contributed by atoms with Crippen molar-refractivity contribution in [2.75, 3.05) is 0 Å². The molecule has 0 spiro atoms. The minimum atomic E-state index is -0.664. The number of hydrogen-bond acceptors (Lipinski definition) is 2. The lowest BCUT2D eigenvalue weighted by Crippen LogP contribution is -1.96. The highest BCUT2D eigenvalue weighted by molar-refractivity contribution is 7.99. The van der Waals surface area contributed by atoms with Crippen LogP contribution in [-0.4, -0.2) is 5.11 Å². The van der Waals surface area contributed by atoms with Gasteiger partial charge in [-0.25, -0.2) is 4.39 Å². The number of aryl methyl sites for hydroxylation is 2. The van der Waals surface area contributed by atoms with Gasteiger partial charge >= 0.3 is 0 Å². The van der Waals surface area contributed by atoms with Crippen molar-refractivity contribution in [2.24, 2.45) is 0 Å². The van der Waals surface area contributed by atoms with E-state index in [9.17, 15) is 9.50 Å². The summed E-state index contributed by atoms with van der Waals surface area (Å²) in [6.45, 7) is 1.67. The van der Waals surface area contributed by atoms with Crippen molar-refractivity contribution in [3.63, 3.8) is 0 Å². The number of aliphatic hydroxyl groups is 1. The summed E-state index contributed by atoms with van der Waals surface area (Å²) in [7, 11) is 0. The number of benzene rings is 2. The molecule has 3 heteroatoms. The Morgan fingerprint density at radius 3 is 2.75 bits per heavy atom. The van der Waals surface area contributed by atoms with Crippen LogP contribution in [-0.2, 0) is 12.8 Å². The third kappa shape index (κ3) is 2.60. The lowest BCUT2D eigenvalue weighted by atomic mass is 10.1. The molecular formula is C17H17FOS. The zero-order chi connectivity index (χ0) is 14.1. The van der Waals surface area contributed by atoms with E-state index in [2.05, 4.69) is 12.1 Å². The van der Waals surface area contributed by atoms with Crippen molar-refractivity contribution in [1.82, 2.24) is 0 Å². The molecule has 1 aliphatic rings. The maximum Gasteiger partial charge on any atom is 0.137 e. The van der Waals surface area contributed by atoms with Gasteiger partial charge < -0.3 is 5.11 Å². The molecule has 0 aliphatic heterocycles. The first-order chi connectivity index (χ1) is 9.65. The van der Waals surface area contributed by atoms with E-state index in [1.807, 2.05) is 6.07 Å². The SMILES string of the molecule is C[C@H](O)c1cccc(F)c1Sc1ccc2c(c1)CCC2. The highest BCUT2D eigenvalue weighted by Gasteiger charge is 2.16. The zero-order valence-electron chi connectivity index (χ0n) is 11.4. The van der Waals surface area contributed by atoms with Gasteiger partial charge in [0.25, 0.3) is 0 Å². The smallest absolute Gasteiger partial charge is 0.137 e. The Labute approximate surface area is 122 Å². The summed E-state index contributed by atoms with van der Waals surface area (Å²) in [4.78, 5) is 1.57. The van der Waals surface area contributed by atoms with Crippen molar-refractivity contribution < 1.29 is 9.50 Å². The Balaban J connectivity index is 1.95. The number of aliphatic hydroxyl groups excluding tert-OH is 1. The molecule has 0 fully saturated rings. The van der Waals surface area contributed by atoms with E-state index in [-0.39, 0.29) is 5.82 Å². The molecule has 0 saturated carbocycles. The minimum Gasteiger partial charge on any atom is -0.389 e. The van der Waals surface area contributed by atoms with E-state index < -0.39 is 6.10 Å². The van der Waals surface area contributed by atoms with Crippen LogP contribution in [0.4, 0.5) is 4.39 Å². The maximum atomic E-state index is 14.0. The largest absolute Gasteiger partial charge is 0.389 e. The van der Waals surface area contributed by atoms with E-state index in [1.165, 1.54) is 35.4 Å². The first kappa shape index (κ1) is 13.7. The van der Waals surface area contributed by atoms with E-state index in [0.717, 1.165) is 17.7 Å². The summed E-state index contributed by atoms with van der Waals surface area (Å²) in [5.74, 6) is -0.270. The molecule has 3 rings (SSSR count). The van der Waals surface area contributed by atoms with Crippen LogP contribution in [0, 0.1) is 5.82 Å². The minimum absolute atomic E-state index is 0.270. The van der Waals surface area contributed by atoms with Crippen LogP contribution in [0.3, 0.4) is 0 Å². The van der Waals surface area contributed by atoms with Gasteiger partial charge in [-0.3, -0.25) is 0 Å². The molecule has 0 radical (unpaired) electrons. The summed E-state index contributed by atoms with van der Waals surface area (Å²) >= 11 is 1.40. The molecule has 0 amide bonds. The Kier molecular flexibility index (Phi) is 3.81. The average molecular weight is 288 g/mol. The van der Waals surface area contributed by atoms with Gasteiger partial charge in [-0.1, -0.05) is 30.0 Å². The fourth-order valence-electron chi connectivity index (χ4n) is 2.69. The first-order valence-electron chi connectivity index (χ1n) is 6.91. The number of rotatable bonds is 3. The fraction of sp³-hybridized carbons (Fsp3) is 0.294. The molecule has 2 aromatic rings. The number of hydrogen-bond donors (Lipinski definition) is 1. The Bertz CT molecular complexity index is 637. The van der Waals surface area contributed by atoms with Gasteiger partial charge in [-0.2, -0.15) is 0 Å². The van der Waals surface area contributed by atoms with Crippen LogP contribution >= 0.6 is 11.8 Å². The van der Waals surface area contributed by atoms with Crippen molar-refractivity contribution in [3.05, 3.63) is 58.9 Å². The van der Waals surface area contributed by atoms with Gasteiger partial charge in [0.2, 0.25) is 0 Å². The summed E-state index contributed by atoms with van der Waals surface area (Å²) in [6, 6.07) is 11.2. The molecule has 0 unspecified atom stereocenters. The quantitative estimate of drug-likeness (QED) is 0.896. The van der Waals surface area contributed by atoms with Crippen LogP contribution in [0.25, 0.3) is 0 Å². The zero-order valence-corrected chi connectivity index (χ0v) is 12.2. The third-order valence-electron chi connectivity index (χ3n) is 3.74. The van der Waals surface area contributed by atoms with Gasteiger partial charge in [0.15, 0.2) is 0 Å². The molecule has 0 bridgehead atoms. The molecule has 104 valence electrons. The van der Waals surface area contributed by atoms with Crippen molar-refractivity contribution in [2.45, 2.75) is 42.1 Å². The molecule has 0 saturated heterocycles. The summed E-state index contributed by atoms with van der Waals surface area (Å²) in [5, 5.41) is 9.78. The van der Waals surface area contributed by atoms with Crippen molar-refractivity contribution in [3.8, 4) is 0 Å². The van der Waals surface area contributed by atoms with E-state index in [4.69, 9.17) is 0 Å². The lowest BCUT2D eigenvalue weighted by Gasteiger charge is -2.13. The Hall–Kier alpha value is -1.32. The molecule has 2 aromatic carbocycles. The Morgan fingerprint density at radius 2 is 1.95 bits per heavy atom. The van der Waals surface area contributed by atoms with Gasteiger partial charge in [0.1, 0.15) is 5.82 Å². The molecule has 0 aromatic heterocycles. The van der Waals surface area contributed by atoms with E-state index in [0.29, 0.717) is 10.5 Å². The maximum absolute atomic E-state index is 14.0. The van der Waals surface area contributed by atoms with Crippen molar-refractivity contribution >= 4 is 11.8 Å². The van der Waals surface area contributed by atoms with Gasteiger partial charge in [-0.15, -0.1) is 0 Å². The van der Waals surface area contributed by atoms with Crippen LogP contribution in [0.15, 0.2) is 46.2 Å². The monoisotopic (exact) mass is 288 g/mol. The fourth-order valence-corrected chi connectivity index (χ4v) is 3.79. The van der Waals surface area contributed by atoms with Crippen LogP contribution in [0.1, 0.15) is 36.1 Å². The van der Waals surface area contributed by atoms with Crippen molar-refractivity contribution in [1.29, 1.82) is 0 Å². The summed E-state index contributed by atoms with van der Waals surface area (Å²) in [6.07, 6.45) is 2.81. The normalized spacial score (nSPS) is 15.2. The predicted octanol–water partition coefficient (Wildman–Crippen LogP) is 4.52. The number of halogens is 1. The summed E-state index contributed by atoms with van der Waals surface area (Å²) < 4.78 is 14.0. The second-order valence-corrected chi connectivity index (χ2v) is 6.30. The Morgan fingerprint density at radius 1 is 1.15 bits per heavy atom. The highest BCUT2D eigenvalue weighted by Crippen LogP contribution is 2.37. The van der Waals surface area contributed by atoms with E-state index in [1.54, 1.807) is 19.1 Å². The second-order valence-electron chi connectivity index (χ2n) is 5.22. The van der Waals surface area contributed by atoms with Crippen LogP contribution in [0.2, 0.25) is 0 Å². The highest BCUT2D eigenvalue weighted by atomic mass is 32.2. The van der Waals surface area contributed by atoms with Crippen LogP contribution in [0.5, 0.6) is 0 Å². The standard InChI is InChI=1S/C17H17FOS/c1-11(19)15-6-3-7-16(18)17(15)20-14-9-8-12-4-2-5-13(12)10-14/h3,6-11,19H,2,4-5H2,1H3/t11-/m0/s1. The molecule has 1 atom stereocenters. The second kappa shape index (κ2) is 5.58. The summed E-state index contributed by atoms with van der Waals surface area (Å²) in [5.41, 5.74) is 3.44. The van der Waals surface area contributed by atoms with E-state index >= 15 is 0 Å². The molecular weight excluding hydrogens is 271 g/mol. The predicted molar refractivity (Wildman–Crippen MR) is 79.6 cm³/mol. The van der Waals surface area contributed by atoms with Gasteiger partial charge in [-0.05, 0) is 61.1 Å². The van der Waals surface area contributed by atoms with Crippen LogP contribution < -0.4 is 0 Å². The van der Waals surface area contributed by atoms with Gasteiger partial charge in [0, 0.05) is 4.90 Å². The number of fused-ring (bicyclic) bond motifs is 1. The molecule has 0 heterocycles.